The van der Waals surface area contributed by atoms with E-state index in [1.54, 1.807) is 13.0 Å². The quantitative estimate of drug-likeness (QED) is 0.630. The Morgan fingerprint density at radius 1 is 1.13 bits per heavy atom. The van der Waals surface area contributed by atoms with Gasteiger partial charge < -0.3 is 14.0 Å². The summed E-state index contributed by atoms with van der Waals surface area (Å²) >= 11 is 0. The van der Waals surface area contributed by atoms with Gasteiger partial charge in [-0.1, -0.05) is 54.9 Å². The second-order valence-electron chi connectivity index (χ2n) is 8.75. The van der Waals surface area contributed by atoms with E-state index in [-0.39, 0.29) is 29.3 Å². The van der Waals surface area contributed by atoms with Crippen LogP contribution in [0.2, 0.25) is 0 Å². The number of aromatic nitrogens is 2. The molecule has 5 rings (SSSR count). The second kappa shape index (κ2) is 7.84. The number of likely N-dealkylation sites (tertiary alicyclic amines) is 1. The van der Waals surface area contributed by atoms with Crippen LogP contribution in [0.15, 0.2) is 57.8 Å². The number of piperidine rings is 1. The molecule has 2 aliphatic rings. The summed E-state index contributed by atoms with van der Waals surface area (Å²) in [4.78, 5) is 28.4. The van der Waals surface area contributed by atoms with Crippen molar-refractivity contribution in [2.75, 3.05) is 13.1 Å². The predicted molar refractivity (Wildman–Crippen MR) is 118 cm³/mol. The lowest BCUT2D eigenvalue weighted by molar-refractivity contribution is 0.0518. The number of hydrogen-bond donors (Lipinski definition) is 0. The molecule has 0 N–H and O–H groups in total. The van der Waals surface area contributed by atoms with E-state index in [4.69, 9.17) is 4.52 Å². The maximum atomic E-state index is 13.7. The van der Waals surface area contributed by atoms with Crippen LogP contribution >= 0.6 is 0 Å². The van der Waals surface area contributed by atoms with Gasteiger partial charge in [-0.3, -0.25) is 9.59 Å². The van der Waals surface area contributed by atoms with Crippen molar-refractivity contribution in [3.63, 3.8) is 0 Å². The summed E-state index contributed by atoms with van der Waals surface area (Å²) in [6, 6.07) is 15.4. The molecule has 1 saturated heterocycles. The van der Waals surface area contributed by atoms with Crippen LogP contribution in [-0.4, -0.2) is 33.6 Å². The van der Waals surface area contributed by atoms with Gasteiger partial charge in [0.1, 0.15) is 17.0 Å². The standard InChI is InChI=1S/C25H27N3O3/c1-3-8-20-18-13-19(21-11-7-12-22(29)28(20)21)15-27(14-18)25(30)23-16(2)31-26-24(23)17-9-5-4-6-10-17/h4-7,9-12,18-20H,3,8,13-15H2,1-2H3/t18-,19+,20-/m0/s1. The molecule has 1 fully saturated rings. The largest absolute Gasteiger partial charge is 0.360 e. The van der Waals surface area contributed by atoms with Crippen LogP contribution in [0, 0.1) is 12.8 Å². The summed E-state index contributed by atoms with van der Waals surface area (Å²) in [5.41, 5.74) is 3.15. The van der Waals surface area contributed by atoms with Crippen LogP contribution in [0.25, 0.3) is 11.3 Å². The summed E-state index contributed by atoms with van der Waals surface area (Å²) < 4.78 is 7.45. The molecule has 3 aromatic rings. The van der Waals surface area contributed by atoms with Crippen molar-refractivity contribution in [2.24, 2.45) is 5.92 Å². The molecule has 1 aromatic carbocycles. The molecule has 2 bridgehead atoms. The minimum Gasteiger partial charge on any atom is -0.360 e. The van der Waals surface area contributed by atoms with Crippen LogP contribution in [0.3, 0.4) is 0 Å². The molecule has 0 spiro atoms. The maximum Gasteiger partial charge on any atom is 0.259 e. The highest BCUT2D eigenvalue weighted by Gasteiger charge is 2.42. The molecule has 4 heterocycles. The molecule has 0 aliphatic carbocycles. The summed E-state index contributed by atoms with van der Waals surface area (Å²) in [6.45, 7) is 5.21. The third-order valence-electron chi connectivity index (χ3n) is 6.79. The van der Waals surface area contributed by atoms with Crippen molar-refractivity contribution in [1.82, 2.24) is 14.6 Å². The van der Waals surface area contributed by atoms with Crippen LogP contribution in [0.5, 0.6) is 0 Å². The van der Waals surface area contributed by atoms with Gasteiger partial charge in [0.15, 0.2) is 0 Å². The summed E-state index contributed by atoms with van der Waals surface area (Å²) in [5.74, 6) is 0.955. The van der Waals surface area contributed by atoms with Gasteiger partial charge in [-0.15, -0.1) is 0 Å². The average molecular weight is 418 g/mol. The molecule has 0 unspecified atom stereocenters. The van der Waals surface area contributed by atoms with Crippen LogP contribution in [0.1, 0.15) is 60.0 Å². The first-order valence-electron chi connectivity index (χ1n) is 11.1. The fourth-order valence-corrected chi connectivity index (χ4v) is 5.45. The molecule has 3 atom stereocenters. The fourth-order valence-electron chi connectivity index (χ4n) is 5.45. The minimum absolute atomic E-state index is 0.0331. The zero-order valence-electron chi connectivity index (χ0n) is 18.0. The number of rotatable bonds is 4. The number of nitrogens with zero attached hydrogens (tertiary/aromatic N) is 3. The van der Waals surface area contributed by atoms with Gasteiger partial charge in [0.2, 0.25) is 0 Å². The number of aryl methyl sites for hydroxylation is 1. The summed E-state index contributed by atoms with van der Waals surface area (Å²) in [7, 11) is 0. The van der Waals surface area contributed by atoms with Gasteiger partial charge in [0.05, 0.1) is 0 Å². The summed E-state index contributed by atoms with van der Waals surface area (Å²) in [6.07, 6.45) is 2.97. The molecule has 6 heteroatoms. The monoisotopic (exact) mass is 417 g/mol. The van der Waals surface area contributed by atoms with Gasteiger partial charge in [-0.2, -0.15) is 0 Å². The molecule has 160 valence electrons. The van der Waals surface area contributed by atoms with E-state index in [0.717, 1.165) is 30.5 Å². The van der Waals surface area contributed by atoms with Crippen LogP contribution in [0.4, 0.5) is 0 Å². The van der Waals surface area contributed by atoms with Crippen molar-refractivity contribution in [2.45, 2.75) is 45.1 Å². The number of benzene rings is 1. The van der Waals surface area contributed by atoms with E-state index >= 15 is 0 Å². The number of carbonyl (C=O) groups excluding carboxylic acids is 1. The Balaban J connectivity index is 1.51. The molecule has 6 nitrogen and oxygen atoms in total. The lowest BCUT2D eigenvalue weighted by Crippen LogP contribution is -2.51. The van der Waals surface area contributed by atoms with Gasteiger partial charge in [-0.25, -0.2) is 0 Å². The highest BCUT2D eigenvalue weighted by atomic mass is 16.5. The molecular formula is C25H27N3O3. The lowest BCUT2D eigenvalue weighted by Gasteiger charge is -2.47. The lowest BCUT2D eigenvalue weighted by atomic mass is 9.77. The first kappa shape index (κ1) is 19.8. The van der Waals surface area contributed by atoms with E-state index in [2.05, 4.69) is 18.1 Å². The zero-order valence-corrected chi connectivity index (χ0v) is 18.0. The highest BCUT2D eigenvalue weighted by molar-refractivity contribution is 6.00. The Bertz CT molecular complexity index is 1160. The second-order valence-corrected chi connectivity index (χ2v) is 8.75. The Kier molecular flexibility index (Phi) is 5.00. The number of hydrogen-bond acceptors (Lipinski definition) is 4. The van der Waals surface area contributed by atoms with E-state index in [1.807, 2.05) is 45.9 Å². The van der Waals surface area contributed by atoms with Crippen molar-refractivity contribution in [3.8, 4) is 11.3 Å². The van der Waals surface area contributed by atoms with E-state index in [9.17, 15) is 9.59 Å². The third kappa shape index (κ3) is 3.30. The zero-order chi connectivity index (χ0) is 21.5. The van der Waals surface area contributed by atoms with E-state index in [1.165, 1.54) is 0 Å². The van der Waals surface area contributed by atoms with Gasteiger partial charge in [0.25, 0.3) is 11.5 Å². The van der Waals surface area contributed by atoms with Gasteiger partial charge in [0, 0.05) is 42.4 Å². The van der Waals surface area contributed by atoms with Crippen LogP contribution in [-0.2, 0) is 0 Å². The molecule has 0 radical (unpaired) electrons. The minimum atomic E-state index is -0.0331. The molecule has 31 heavy (non-hydrogen) atoms. The van der Waals surface area contributed by atoms with Gasteiger partial charge >= 0.3 is 0 Å². The van der Waals surface area contributed by atoms with E-state index < -0.39 is 0 Å². The van der Waals surface area contributed by atoms with Crippen molar-refractivity contribution < 1.29 is 9.32 Å². The number of carbonyl (C=O) groups is 1. The van der Waals surface area contributed by atoms with E-state index in [0.29, 0.717) is 30.1 Å². The number of amides is 1. The Morgan fingerprint density at radius 3 is 2.71 bits per heavy atom. The summed E-state index contributed by atoms with van der Waals surface area (Å²) in [5, 5.41) is 4.20. The topological polar surface area (TPSA) is 68.3 Å². The molecule has 2 aliphatic heterocycles. The molecule has 2 aromatic heterocycles. The maximum absolute atomic E-state index is 13.7. The Hall–Kier alpha value is -3.15. The van der Waals surface area contributed by atoms with Gasteiger partial charge in [-0.05, 0) is 31.7 Å². The third-order valence-corrected chi connectivity index (χ3v) is 6.79. The number of fused-ring (bicyclic) bond motifs is 4. The normalized spacial score (nSPS) is 22.3. The first-order valence-corrected chi connectivity index (χ1v) is 11.1. The first-order chi connectivity index (χ1) is 15.1. The smallest absolute Gasteiger partial charge is 0.259 e. The Morgan fingerprint density at radius 2 is 1.94 bits per heavy atom. The molecule has 1 amide bonds. The SMILES string of the molecule is CCC[C@H]1[C@H]2C[C@H](CN(C(=O)c3c(-c4ccccc4)noc3C)C2)c2cccc(=O)n21. The average Bonchev–Trinajstić information content (AvgIpc) is 3.18. The van der Waals surface area contributed by atoms with Crippen molar-refractivity contribution in [1.29, 1.82) is 0 Å². The van der Waals surface area contributed by atoms with Crippen molar-refractivity contribution in [3.05, 3.63) is 75.9 Å². The highest BCUT2D eigenvalue weighted by Crippen LogP contribution is 2.43. The molecule has 0 saturated carbocycles. The van der Waals surface area contributed by atoms with Crippen LogP contribution < -0.4 is 5.56 Å². The van der Waals surface area contributed by atoms with Crippen molar-refractivity contribution >= 4 is 5.91 Å². The fraction of sp³-hybridized carbons (Fsp3) is 0.400. The number of pyridine rings is 1. The predicted octanol–water partition coefficient (Wildman–Crippen LogP) is 4.41. The molecular weight excluding hydrogens is 390 g/mol. The Labute approximate surface area is 181 Å².